The molecule has 6 rings (SSSR count). The summed E-state index contributed by atoms with van der Waals surface area (Å²) in [4.78, 5) is 69.5. The summed E-state index contributed by atoms with van der Waals surface area (Å²) in [5.74, 6) is -2.71. The minimum atomic E-state index is -1.91. The van der Waals surface area contributed by atoms with Crippen molar-refractivity contribution in [1.82, 2.24) is 20.2 Å². The highest BCUT2D eigenvalue weighted by molar-refractivity contribution is 6.02. The summed E-state index contributed by atoms with van der Waals surface area (Å²) in [6.07, 6.45) is 1.01. The average molecular weight is 646 g/mol. The SMILES string of the molecule is CC[C@@]1(O)C(=O)OCc2c1cc1n(c2=O)Cc2c-1nc1ccc(NC(=O)[C@H](C)NC(=O)[C@@H](NC(=O)C(C)O)C(C)C)c3c1c2CCC3. The number of aliphatic hydroxyl groups is 2. The van der Waals surface area contributed by atoms with E-state index in [1.54, 1.807) is 44.4 Å². The smallest absolute Gasteiger partial charge is 0.343 e. The van der Waals surface area contributed by atoms with Gasteiger partial charge in [-0.1, -0.05) is 20.8 Å². The number of ether oxygens (including phenoxy) is 1. The number of nitrogens with one attached hydrogen (secondary N) is 3. The number of nitrogens with zero attached hydrogens (tertiary/aromatic N) is 2. The summed E-state index contributed by atoms with van der Waals surface area (Å²) >= 11 is 0. The number of amides is 3. The molecule has 1 unspecified atom stereocenters. The second-order valence-electron chi connectivity index (χ2n) is 13.0. The Labute approximate surface area is 270 Å². The first-order valence-corrected chi connectivity index (χ1v) is 16.0. The lowest BCUT2D eigenvalue weighted by Crippen LogP contribution is -2.55. The summed E-state index contributed by atoms with van der Waals surface area (Å²) in [5.41, 5.74) is 3.62. The Morgan fingerprint density at radius 3 is 2.40 bits per heavy atom. The Morgan fingerprint density at radius 1 is 1.00 bits per heavy atom. The number of pyridine rings is 2. The van der Waals surface area contributed by atoms with Gasteiger partial charge in [-0.05, 0) is 74.8 Å². The third kappa shape index (κ3) is 5.27. The lowest BCUT2D eigenvalue weighted by atomic mass is 9.85. The van der Waals surface area contributed by atoms with Crippen molar-refractivity contribution in [3.05, 3.63) is 56.4 Å². The van der Waals surface area contributed by atoms with Crippen LogP contribution < -0.4 is 21.5 Å². The molecule has 5 N–H and O–H groups in total. The molecule has 0 saturated carbocycles. The van der Waals surface area contributed by atoms with E-state index >= 15 is 0 Å². The predicted octanol–water partition coefficient (Wildman–Crippen LogP) is 1.53. The van der Waals surface area contributed by atoms with Crippen molar-refractivity contribution in [1.29, 1.82) is 0 Å². The van der Waals surface area contributed by atoms with E-state index < -0.39 is 47.5 Å². The van der Waals surface area contributed by atoms with Crippen LogP contribution in [0.15, 0.2) is 23.0 Å². The lowest BCUT2D eigenvalue weighted by molar-refractivity contribution is -0.172. The standard InChI is InChI=1S/C34H39N5O8/c1-6-34(46)22-12-25-28-20(13-39(25)32(44)21(22)14-47-33(34)45)18-8-7-9-19-23(10-11-24(36-28)26(18)19)37-29(41)16(4)35-31(43)27(15(2)3)38-30(42)17(5)40/h10-12,15-17,27,40,46H,6-9,13-14H2,1-5H3,(H,35,43)(H,37,41)(H,38,42)/t16-,17?,27-,34-/m0/s1. The molecule has 2 aromatic heterocycles. The zero-order valence-electron chi connectivity index (χ0n) is 27.0. The van der Waals surface area contributed by atoms with Gasteiger partial charge in [0.25, 0.3) is 5.56 Å². The average Bonchev–Trinajstić information content (AvgIpc) is 3.41. The van der Waals surface area contributed by atoms with E-state index in [0.29, 0.717) is 29.0 Å². The number of aliphatic hydroxyl groups excluding tert-OH is 1. The molecule has 248 valence electrons. The van der Waals surface area contributed by atoms with Gasteiger partial charge in [0.1, 0.15) is 24.8 Å². The van der Waals surface area contributed by atoms with Crippen molar-refractivity contribution >= 4 is 40.3 Å². The van der Waals surface area contributed by atoms with Crippen LogP contribution in [0.3, 0.4) is 0 Å². The number of rotatable bonds is 8. The number of esters is 1. The predicted molar refractivity (Wildman–Crippen MR) is 171 cm³/mol. The van der Waals surface area contributed by atoms with E-state index in [1.807, 2.05) is 6.07 Å². The maximum absolute atomic E-state index is 13.7. The van der Waals surface area contributed by atoms with Crippen LogP contribution in [0, 0.1) is 5.92 Å². The number of aryl methyl sites for hydroxylation is 2. The zero-order chi connectivity index (χ0) is 33.9. The summed E-state index contributed by atoms with van der Waals surface area (Å²) in [7, 11) is 0. The van der Waals surface area contributed by atoms with Crippen molar-refractivity contribution in [3.63, 3.8) is 0 Å². The highest BCUT2D eigenvalue weighted by atomic mass is 16.6. The molecular formula is C34H39N5O8. The molecule has 0 bridgehead atoms. The van der Waals surface area contributed by atoms with Crippen LogP contribution in [0.4, 0.5) is 5.69 Å². The molecule has 4 heterocycles. The largest absolute Gasteiger partial charge is 0.458 e. The summed E-state index contributed by atoms with van der Waals surface area (Å²) in [6, 6.07) is 3.42. The maximum atomic E-state index is 13.7. The third-order valence-electron chi connectivity index (χ3n) is 9.57. The zero-order valence-corrected chi connectivity index (χ0v) is 27.0. The van der Waals surface area contributed by atoms with Crippen molar-refractivity contribution in [2.75, 3.05) is 5.32 Å². The fourth-order valence-electron chi connectivity index (χ4n) is 6.85. The molecule has 3 amide bonds. The minimum Gasteiger partial charge on any atom is -0.458 e. The molecular weight excluding hydrogens is 606 g/mol. The Hall–Kier alpha value is -4.62. The van der Waals surface area contributed by atoms with E-state index in [9.17, 15) is 34.2 Å². The van der Waals surface area contributed by atoms with Gasteiger partial charge in [-0.25, -0.2) is 9.78 Å². The summed E-state index contributed by atoms with van der Waals surface area (Å²) in [6.45, 7) is 8.12. The summed E-state index contributed by atoms with van der Waals surface area (Å²) < 4.78 is 6.81. The van der Waals surface area contributed by atoms with Crippen molar-refractivity contribution in [2.24, 2.45) is 5.92 Å². The van der Waals surface area contributed by atoms with Gasteiger partial charge in [0, 0.05) is 22.2 Å². The molecule has 0 fully saturated rings. The fraction of sp³-hybridized carbons (Fsp3) is 0.471. The highest BCUT2D eigenvalue weighted by Gasteiger charge is 2.45. The molecule has 1 aliphatic carbocycles. The van der Waals surface area contributed by atoms with Crippen LogP contribution in [0.1, 0.15) is 75.3 Å². The van der Waals surface area contributed by atoms with E-state index in [-0.39, 0.29) is 42.2 Å². The first-order valence-electron chi connectivity index (χ1n) is 16.0. The second-order valence-corrected chi connectivity index (χ2v) is 13.0. The van der Waals surface area contributed by atoms with Gasteiger partial charge in [-0.2, -0.15) is 0 Å². The quantitative estimate of drug-likeness (QED) is 0.177. The van der Waals surface area contributed by atoms with Crippen LogP contribution in [0.5, 0.6) is 0 Å². The number of carbonyl (C=O) groups excluding carboxylic acids is 4. The molecule has 0 radical (unpaired) electrons. The Bertz CT molecular complexity index is 1910. The van der Waals surface area contributed by atoms with Gasteiger partial charge in [-0.3, -0.25) is 19.2 Å². The molecule has 3 aliphatic rings. The van der Waals surface area contributed by atoms with Crippen molar-refractivity contribution in [2.45, 2.75) is 97.2 Å². The van der Waals surface area contributed by atoms with E-state index in [1.165, 1.54) is 6.92 Å². The number of fused-ring (bicyclic) bond motifs is 5. The molecule has 0 spiro atoms. The van der Waals surface area contributed by atoms with Gasteiger partial charge in [0.2, 0.25) is 17.7 Å². The molecule has 3 aromatic rings. The maximum Gasteiger partial charge on any atom is 0.343 e. The van der Waals surface area contributed by atoms with Gasteiger partial charge < -0.3 is 35.5 Å². The normalized spacial score (nSPS) is 19.6. The summed E-state index contributed by atoms with van der Waals surface area (Å²) in [5, 5.41) is 29.8. The number of carbonyl (C=O) groups is 4. The first-order chi connectivity index (χ1) is 22.3. The van der Waals surface area contributed by atoms with Crippen LogP contribution in [-0.4, -0.2) is 61.6 Å². The second kappa shape index (κ2) is 11.9. The lowest BCUT2D eigenvalue weighted by Gasteiger charge is -2.31. The number of anilines is 1. The Kier molecular flexibility index (Phi) is 8.17. The molecule has 1 aromatic carbocycles. The van der Waals surface area contributed by atoms with Crippen LogP contribution in [0.25, 0.3) is 22.3 Å². The highest BCUT2D eigenvalue weighted by Crippen LogP contribution is 2.43. The van der Waals surface area contributed by atoms with Gasteiger partial charge in [0.15, 0.2) is 5.60 Å². The Morgan fingerprint density at radius 2 is 1.72 bits per heavy atom. The fourth-order valence-corrected chi connectivity index (χ4v) is 6.85. The van der Waals surface area contributed by atoms with Crippen molar-refractivity contribution < 1.29 is 34.1 Å². The topological polar surface area (TPSA) is 189 Å². The monoisotopic (exact) mass is 645 g/mol. The Balaban J connectivity index is 1.31. The van der Waals surface area contributed by atoms with Gasteiger partial charge >= 0.3 is 5.97 Å². The minimum absolute atomic E-state index is 0.0585. The van der Waals surface area contributed by atoms with Crippen molar-refractivity contribution in [3.8, 4) is 11.4 Å². The van der Waals surface area contributed by atoms with Crippen LogP contribution >= 0.6 is 0 Å². The van der Waals surface area contributed by atoms with Gasteiger partial charge in [-0.15, -0.1) is 0 Å². The number of aromatic nitrogens is 2. The molecule has 13 heteroatoms. The molecule has 0 saturated heterocycles. The number of hydrogen-bond donors (Lipinski definition) is 5. The molecule has 4 atom stereocenters. The number of hydrogen-bond acceptors (Lipinski definition) is 9. The molecule has 2 aliphatic heterocycles. The molecule has 47 heavy (non-hydrogen) atoms. The number of benzene rings is 1. The molecule has 13 nitrogen and oxygen atoms in total. The third-order valence-corrected chi connectivity index (χ3v) is 9.57. The van der Waals surface area contributed by atoms with E-state index in [2.05, 4.69) is 16.0 Å². The van der Waals surface area contributed by atoms with Crippen LogP contribution in [0.2, 0.25) is 0 Å². The van der Waals surface area contributed by atoms with E-state index in [0.717, 1.165) is 34.9 Å². The first kappa shape index (κ1) is 32.3. The number of cyclic esters (lactones) is 1. The van der Waals surface area contributed by atoms with Gasteiger partial charge in [0.05, 0.1) is 29.0 Å². The van der Waals surface area contributed by atoms with E-state index in [4.69, 9.17) is 9.72 Å². The van der Waals surface area contributed by atoms with Crippen LogP contribution in [-0.2, 0) is 55.5 Å².